The van der Waals surface area contributed by atoms with Crippen molar-refractivity contribution in [3.05, 3.63) is 47.1 Å². The number of likely N-dealkylation sites (tertiary alicyclic amines) is 1. The number of aromatic nitrogens is 1. The Morgan fingerprint density at radius 1 is 1.42 bits per heavy atom. The highest BCUT2D eigenvalue weighted by molar-refractivity contribution is 9.10. The van der Waals surface area contributed by atoms with Gasteiger partial charge in [-0.05, 0) is 36.8 Å². The predicted octanol–water partition coefficient (Wildman–Crippen LogP) is 2.57. The average Bonchev–Trinajstić information content (AvgIpc) is 2.88. The van der Waals surface area contributed by atoms with Crippen molar-refractivity contribution in [3.63, 3.8) is 0 Å². The molecule has 0 atom stereocenters. The van der Waals surface area contributed by atoms with Gasteiger partial charge in [-0.1, -0.05) is 22.5 Å². The highest BCUT2D eigenvalue weighted by atomic mass is 79.9. The molecule has 126 valence electrons. The van der Waals surface area contributed by atoms with Gasteiger partial charge in [0.1, 0.15) is 6.54 Å². The fraction of sp³-hybridized carbons (Fsp3) is 0.333. The lowest BCUT2D eigenvalue weighted by Gasteiger charge is -2.43. The molecule has 0 unspecified atom stereocenters. The number of amides is 2. The van der Waals surface area contributed by atoms with E-state index >= 15 is 0 Å². The minimum absolute atomic E-state index is 0.0468. The predicted molar refractivity (Wildman–Crippen MR) is 97.7 cm³/mol. The van der Waals surface area contributed by atoms with Crippen LogP contribution < -0.4 is 0 Å². The van der Waals surface area contributed by atoms with Gasteiger partial charge >= 0.3 is 0 Å². The molecular formula is C18H20BrN3O2. The van der Waals surface area contributed by atoms with Crippen molar-refractivity contribution in [2.24, 2.45) is 0 Å². The quantitative estimate of drug-likeness (QED) is 0.754. The van der Waals surface area contributed by atoms with Gasteiger partial charge in [0.15, 0.2) is 0 Å². The van der Waals surface area contributed by atoms with Gasteiger partial charge in [0.05, 0.1) is 11.6 Å². The summed E-state index contributed by atoms with van der Waals surface area (Å²) in [5.74, 6) is -0.0322. The van der Waals surface area contributed by atoms with E-state index in [1.165, 1.54) is 6.08 Å². The number of fused-ring (bicyclic) bond motifs is 1. The molecule has 0 bridgehead atoms. The van der Waals surface area contributed by atoms with Gasteiger partial charge in [-0.15, -0.1) is 0 Å². The van der Waals surface area contributed by atoms with Crippen LogP contribution in [0.1, 0.15) is 5.56 Å². The molecular weight excluding hydrogens is 370 g/mol. The lowest BCUT2D eigenvalue weighted by Crippen LogP contribution is -2.61. The van der Waals surface area contributed by atoms with E-state index < -0.39 is 0 Å². The standard InChI is InChI=1S/C18H20BrN3O2/c1-4-16(23)22-9-15(10-22)20(3)17(24)11-21-6-5-13-8-14(19)7-12(2)18(13)21/h4-8,15H,1,9-11H2,2-3H3. The van der Waals surface area contributed by atoms with E-state index in [0.717, 1.165) is 20.9 Å². The molecule has 2 heterocycles. The highest BCUT2D eigenvalue weighted by Gasteiger charge is 2.34. The minimum atomic E-state index is -0.0790. The summed E-state index contributed by atoms with van der Waals surface area (Å²) in [6.45, 7) is 6.98. The van der Waals surface area contributed by atoms with Crippen LogP contribution in [0.2, 0.25) is 0 Å². The maximum Gasteiger partial charge on any atom is 0.246 e. The normalized spacial score (nSPS) is 14.5. The van der Waals surface area contributed by atoms with E-state index in [0.29, 0.717) is 19.6 Å². The summed E-state index contributed by atoms with van der Waals surface area (Å²) in [7, 11) is 1.80. The molecule has 1 aliphatic rings. The van der Waals surface area contributed by atoms with Crippen LogP contribution in [0.5, 0.6) is 0 Å². The zero-order chi connectivity index (χ0) is 17.4. The van der Waals surface area contributed by atoms with Crippen LogP contribution in [0.15, 0.2) is 41.5 Å². The van der Waals surface area contributed by atoms with Crippen molar-refractivity contribution in [1.82, 2.24) is 14.4 Å². The molecule has 0 aliphatic carbocycles. The van der Waals surface area contributed by atoms with E-state index in [-0.39, 0.29) is 17.9 Å². The van der Waals surface area contributed by atoms with Gasteiger partial charge in [0, 0.05) is 36.2 Å². The molecule has 2 aromatic rings. The summed E-state index contributed by atoms with van der Waals surface area (Å²) in [4.78, 5) is 27.5. The average molecular weight is 390 g/mol. The first-order chi connectivity index (χ1) is 11.4. The van der Waals surface area contributed by atoms with Gasteiger partial charge in [0.25, 0.3) is 0 Å². The molecule has 24 heavy (non-hydrogen) atoms. The van der Waals surface area contributed by atoms with Gasteiger partial charge < -0.3 is 14.4 Å². The smallest absolute Gasteiger partial charge is 0.246 e. The number of benzene rings is 1. The maximum absolute atomic E-state index is 12.6. The Morgan fingerprint density at radius 2 is 2.12 bits per heavy atom. The Morgan fingerprint density at radius 3 is 2.79 bits per heavy atom. The fourth-order valence-corrected chi connectivity index (χ4v) is 3.72. The van der Waals surface area contributed by atoms with E-state index in [2.05, 4.69) is 34.6 Å². The second-order valence-electron chi connectivity index (χ2n) is 6.21. The molecule has 1 aromatic heterocycles. The first-order valence-electron chi connectivity index (χ1n) is 7.82. The van der Waals surface area contributed by atoms with E-state index in [4.69, 9.17) is 0 Å². The lowest BCUT2D eigenvalue weighted by molar-refractivity contribution is -0.142. The van der Waals surface area contributed by atoms with Crippen LogP contribution in [-0.2, 0) is 16.1 Å². The van der Waals surface area contributed by atoms with Gasteiger partial charge in [-0.3, -0.25) is 9.59 Å². The second kappa shape index (κ2) is 6.43. The third-order valence-electron chi connectivity index (χ3n) is 4.61. The number of aryl methyl sites for hydroxylation is 1. The Bertz CT molecular complexity index is 821. The molecule has 0 spiro atoms. The molecule has 1 fully saturated rings. The summed E-state index contributed by atoms with van der Waals surface area (Å²) in [5, 5.41) is 1.11. The molecule has 1 saturated heterocycles. The first kappa shape index (κ1) is 16.8. The Kier molecular flexibility index (Phi) is 4.49. The Balaban J connectivity index is 1.69. The summed E-state index contributed by atoms with van der Waals surface area (Å²) in [6, 6.07) is 6.21. The summed E-state index contributed by atoms with van der Waals surface area (Å²) >= 11 is 3.50. The SMILES string of the molecule is C=CC(=O)N1CC(N(C)C(=O)Cn2ccc3cc(Br)cc(C)c32)C1. The van der Waals surface area contributed by atoms with Gasteiger partial charge in [0.2, 0.25) is 11.8 Å². The summed E-state index contributed by atoms with van der Waals surface area (Å²) in [5.41, 5.74) is 2.21. The summed E-state index contributed by atoms with van der Waals surface area (Å²) in [6.07, 6.45) is 3.26. The fourth-order valence-electron chi connectivity index (χ4n) is 3.13. The third-order valence-corrected chi connectivity index (χ3v) is 5.07. The zero-order valence-electron chi connectivity index (χ0n) is 13.8. The number of carbonyl (C=O) groups is 2. The number of carbonyl (C=O) groups excluding carboxylic acids is 2. The zero-order valence-corrected chi connectivity index (χ0v) is 15.4. The van der Waals surface area contributed by atoms with Crippen molar-refractivity contribution >= 4 is 38.6 Å². The third kappa shape index (κ3) is 2.98. The molecule has 1 aromatic carbocycles. The van der Waals surface area contributed by atoms with Crippen molar-refractivity contribution in [2.45, 2.75) is 19.5 Å². The van der Waals surface area contributed by atoms with Crippen LogP contribution >= 0.6 is 15.9 Å². The number of halogens is 1. The van der Waals surface area contributed by atoms with Gasteiger partial charge in [-0.25, -0.2) is 0 Å². The Labute approximate surface area is 149 Å². The molecule has 3 rings (SSSR count). The molecule has 0 saturated carbocycles. The molecule has 2 amide bonds. The maximum atomic E-state index is 12.6. The number of hydrogen-bond acceptors (Lipinski definition) is 2. The molecule has 1 aliphatic heterocycles. The lowest BCUT2D eigenvalue weighted by atomic mass is 10.1. The molecule has 0 radical (unpaired) electrons. The van der Waals surface area contributed by atoms with Crippen molar-refractivity contribution in [1.29, 1.82) is 0 Å². The molecule has 5 nitrogen and oxygen atoms in total. The second-order valence-corrected chi connectivity index (χ2v) is 7.13. The van der Waals surface area contributed by atoms with Crippen molar-refractivity contribution in [2.75, 3.05) is 20.1 Å². The van der Waals surface area contributed by atoms with E-state index in [1.54, 1.807) is 16.8 Å². The van der Waals surface area contributed by atoms with Crippen molar-refractivity contribution in [3.8, 4) is 0 Å². The van der Waals surface area contributed by atoms with Crippen LogP contribution in [0.25, 0.3) is 10.9 Å². The van der Waals surface area contributed by atoms with E-state index in [9.17, 15) is 9.59 Å². The number of nitrogens with zero attached hydrogens (tertiary/aromatic N) is 3. The van der Waals surface area contributed by atoms with E-state index in [1.807, 2.05) is 23.8 Å². The molecule has 0 N–H and O–H groups in total. The Hall–Kier alpha value is -2.08. The number of likely N-dealkylation sites (N-methyl/N-ethyl adjacent to an activating group) is 1. The van der Waals surface area contributed by atoms with Crippen LogP contribution in [0.3, 0.4) is 0 Å². The largest absolute Gasteiger partial charge is 0.338 e. The van der Waals surface area contributed by atoms with Gasteiger partial charge in [-0.2, -0.15) is 0 Å². The van der Waals surface area contributed by atoms with Crippen LogP contribution in [0, 0.1) is 6.92 Å². The van der Waals surface area contributed by atoms with Crippen LogP contribution in [0.4, 0.5) is 0 Å². The number of rotatable bonds is 4. The monoisotopic (exact) mass is 389 g/mol. The molecule has 6 heteroatoms. The minimum Gasteiger partial charge on any atom is -0.338 e. The number of hydrogen-bond donors (Lipinski definition) is 0. The van der Waals surface area contributed by atoms with Crippen molar-refractivity contribution < 1.29 is 9.59 Å². The van der Waals surface area contributed by atoms with Crippen LogP contribution in [-0.4, -0.2) is 52.4 Å². The first-order valence-corrected chi connectivity index (χ1v) is 8.62. The summed E-state index contributed by atoms with van der Waals surface area (Å²) < 4.78 is 3.02. The topological polar surface area (TPSA) is 45.6 Å². The highest BCUT2D eigenvalue weighted by Crippen LogP contribution is 2.25.